The quantitative estimate of drug-likeness (QED) is 0.915. The highest BCUT2D eigenvalue weighted by molar-refractivity contribution is 5.79. The summed E-state index contributed by atoms with van der Waals surface area (Å²) in [5.74, 6) is 1.84. The van der Waals surface area contributed by atoms with Gasteiger partial charge >= 0.3 is 0 Å². The highest BCUT2D eigenvalue weighted by Crippen LogP contribution is 2.41. The normalized spacial score (nSPS) is 27.1. The molecule has 0 saturated heterocycles. The van der Waals surface area contributed by atoms with Crippen LogP contribution in [0, 0.1) is 24.7 Å². The predicted molar refractivity (Wildman–Crippen MR) is 83.7 cm³/mol. The first-order valence-electron chi connectivity index (χ1n) is 8.36. The van der Waals surface area contributed by atoms with E-state index in [4.69, 9.17) is 0 Å². The molecule has 3 rings (SSSR count). The molecule has 1 aromatic heterocycles. The van der Waals surface area contributed by atoms with Crippen LogP contribution in [0.1, 0.15) is 62.7 Å². The third kappa shape index (κ3) is 3.63. The zero-order chi connectivity index (χ0) is 14.8. The topological polar surface area (TPSA) is 42.0 Å². The highest BCUT2D eigenvalue weighted by Gasteiger charge is 2.36. The molecule has 1 aromatic rings. The SMILES string of the molecule is Cc1ccnc([C@@H](NC(=O)C2CCC(C)CC2)C2CC2)c1. The molecular formula is C18H26N2O. The Labute approximate surface area is 127 Å². The lowest BCUT2D eigenvalue weighted by atomic mass is 9.82. The van der Waals surface area contributed by atoms with Gasteiger partial charge in [-0.05, 0) is 75.0 Å². The fourth-order valence-electron chi connectivity index (χ4n) is 3.39. The van der Waals surface area contributed by atoms with E-state index >= 15 is 0 Å². The van der Waals surface area contributed by atoms with E-state index in [1.165, 1.54) is 31.2 Å². The average Bonchev–Trinajstić information content (AvgIpc) is 3.30. The number of carbonyl (C=O) groups is 1. The van der Waals surface area contributed by atoms with Gasteiger partial charge in [0.1, 0.15) is 0 Å². The molecule has 0 bridgehead atoms. The summed E-state index contributed by atoms with van der Waals surface area (Å²) in [7, 11) is 0. The lowest BCUT2D eigenvalue weighted by Gasteiger charge is -2.27. The predicted octanol–water partition coefficient (Wildman–Crippen LogP) is 3.78. The summed E-state index contributed by atoms with van der Waals surface area (Å²) in [6.07, 6.45) is 8.75. The van der Waals surface area contributed by atoms with Crippen molar-refractivity contribution in [3.8, 4) is 0 Å². The number of nitrogens with zero attached hydrogens (tertiary/aromatic N) is 1. The third-order valence-electron chi connectivity index (χ3n) is 5.03. The number of amides is 1. The third-order valence-corrected chi connectivity index (χ3v) is 5.03. The first-order valence-corrected chi connectivity index (χ1v) is 8.36. The first-order chi connectivity index (χ1) is 10.1. The van der Waals surface area contributed by atoms with Gasteiger partial charge in [-0.2, -0.15) is 0 Å². The van der Waals surface area contributed by atoms with Gasteiger partial charge in [0, 0.05) is 12.1 Å². The minimum absolute atomic E-state index is 0.122. The van der Waals surface area contributed by atoms with Gasteiger partial charge in [-0.3, -0.25) is 9.78 Å². The molecule has 1 N–H and O–H groups in total. The van der Waals surface area contributed by atoms with Crippen LogP contribution in [0.25, 0.3) is 0 Å². The van der Waals surface area contributed by atoms with Gasteiger partial charge in [0.05, 0.1) is 11.7 Å². The van der Waals surface area contributed by atoms with E-state index < -0.39 is 0 Å². The fraction of sp³-hybridized carbons (Fsp3) is 0.667. The largest absolute Gasteiger partial charge is 0.347 e. The number of pyridine rings is 1. The molecule has 2 fully saturated rings. The zero-order valence-corrected chi connectivity index (χ0v) is 13.1. The van der Waals surface area contributed by atoms with Gasteiger partial charge in [-0.15, -0.1) is 0 Å². The summed E-state index contributed by atoms with van der Waals surface area (Å²) in [5, 5.41) is 3.31. The number of carbonyl (C=O) groups excluding carboxylic acids is 1. The molecule has 2 saturated carbocycles. The van der Waals surface area contributed by atoms with Crippen molar-refractivity contribution < 1.29 is 4.79 Å². The van der Waals surface area contributed by atoms with E-state index in [-0.39, 0.29) is 17.9 Å². The Bertz CT molecular complexity index is 502. The summed E-state index contributed by atoms with van der Waals surface area (Å²) in [5.41, 5.74) is 2.25. The van der Waals surface area contributed by atoms with E-state index in [0.717, 1.165) is 24.5 Å². The molecule has 2 aliphatic carbocycles. The van der Waals surface area contributed by atoms with Gasteiger partial charge in [-0.1, -0.05) is 6.92 Å². The van der Waals surface area contributed by atoms with Crippen molar-refractivity contribution in [1.82, 2.24) is 10.3 Å². The van der Waals surface area contributed by atoms with Crippen molar-refractivity contribution in [3.63, 3.8) is 0 Å². The minimum atomic E-state index is 0.122. The summed E-state index contributed by atoms with van der Waals surface area (Å²) in [6.45, 7) is 4.37. The van der Waals surface area contributed by atoms with Crippen molar-refractivity contribution in [1.29, 1.82) is 0 Å². The van der Waals surface area contributed by atoms with Gasteiger partial charge < -0.3 is 5.32 Å². The molecule has 1 amide bonds. The molecule has 3 heteroatoms. The average molecular weight is 286 g/mol. The van der Waals surface area contributed by atoms with Gasteiger partial charge in [0.15, 0.2) is 0 Å². The molecule has 21 heavy (non-hydrogen) atoms. The van der Waals surface area contributed by atoms with Crippen LogP contribution in [-0.2, 0) is 4.79 Å². The molecule has 1 atom stereocenters. The summed E-state index contributed by atoms with van der Waals surface area (Å²) in [6, 6.07) is 4.25. The molecule has 0 aliphatic heterocycles. The molecule has 0 aromatic carbocycles. The van der Waals surface area contributed by atoms with Crippen LogP contribution in [0.5, 0.6) is 0 Å². The van der Waals surface area contributed by atoms with Crippen LogP contribution in [0.15, 0.2) is 18.3 Å². The van der Waals surface area contributed by atoms with Crippen LogP contribution in [0.3, 0.4) is 0 Å². The zero-order valence-electron chi connectivity index (χ0n) is 13.1. The maximum atomic E-state index is 12.6. The lowest BCUT2D eigenvalue weighted by molar-refractivity contribution is -0.127. The molecule has 114 valence electrons. The molecule has 2 aliphatic rings. The molecule has 1 heterocycles. The van der Waals surface area contributed by atoms with Crippen molar-refractivity contribution in [2.45, 2.75) is 58.4 Å². The standard InChI is InChI=1S/C18H26N2O/c1-12-3-5-15(6-4-12)18(21)20-17(14-7-8-14)16-11-13(2)9-10-19-16/h9-12,14-15,17H,3-8H2,1-2H3,(H,20,21)/t12?,15?,17-/m0/s1. The molecule has 0 unspecified atom stereocenters. The first kappa shape index (κ1) is 14.6. The van der Waals surface area contributed by atoms with Crippen LogP contribution < -0.4 is 5.32 Å². The van der Waals surface area contributed by atoms with Crippen LogP contribution in [0.2, 0.25) is 0 Å². The number of nitrogens with one attached hydrogen (secondary N) is 1. The second-order valence-electron chi connectivity index (χ2n) is 7.04. The second-order valence-corrected chi connectivity index (χ2v) is 7.04. The number of aryl methyl sites for hydroxylation is 1. The van der Waals surface area contributed by atoms with E-state index in [1.807, 2.05) is 12.3 Å². The fourth-order valence-corrected chi connectivity index (χ4v) is 3.39. The van der Waals surface area contributed by atoms with Crippen LogP contribution in [-0.4, -0.2) is 10.9 Å². The maximum absolute atomic E-state index is 12.6. The number of hydrogen-bond donors (Lipinski definition) is 1. The summed E-state index contributed by atoms with van der Waals surface area (Å²) in [4.78, 5) is 17.1. The number of rotatable bonds is 4. The van der Waals surface area contributed by atoms with Crippen molar-refractivity contribution >= 4 is 5.91 Å². The van der Waals surface area contributed by atoms with Gasteiger partial charge in [-0.25, -0.2) is 0 Å². The molecular weight excluding hydrogens is 260 g/mol. The number of hydrogen-bond acceptors (Lipinski definition) is 2. The number of aromatic nitrogens is 1. The van der Waals surface area contributed by atoms with Crippen LogP contribution >= 0.6 is 0 Å². The van der Waals surface area contributed by atoms with E-state index in [2.05, 4.69) is 30.2 Å². The summed E-state index contributed by atoms with van der Waals surface area (Å²) >= 11 is 0. The smallest absolute Gasteiger partial charge is 0.223 e. The molecule has 0 radical (unpaired) electrons. The maximum Gasteiger partial charge on any atom is 0.223 e. The van der Waals surface area contributed by atoms with E-state index in [9.17, 15) is 4.79 Å². The van der Waals surface area contributed by atoms with E-state index in [1.54, 1.807) is 0 Å². The van der Waals surface area contributed by atoms with Crippen molar-refractivity contribution in [3.05, 3.63) is 29.6 Å². The minimum Gasteiger partial charge on any atom is -0.347 e. The van der Waals surface area contributed by atoms with E-state index in [0.29, 0.717) is 5.92 Å². The van der Waals surface area contributed by atoms with Gasteiger partial charge in [0.2, 0.25) is 5.91 Å². The van der Waals surface area contributed by atoms with Crippen molar-refractivity contribution in [2.24, 2.45) is 17.8 Å². The monoisotopic (exact) mass is 286 g/mol. The Morgan fingerprint density at radius 2 is 1.95 bits per heavy atom. The van der Waals surface area contributed by atoms with Crippen LogP contribution in [0.4, 0.5) is 0 Å². The Balaban J connectivity index is 1.67. The summed E-state index contributed by atoms with van der Waals surface area (Å²) < 4.78 is 0. The Morgan fingerprint density at radius 3 is 2.57 bits per heavy atom. The molecule has 0 spiro atoms. The Kier molecular flexibility index (Phi) is 4.27. The van der Waals surface area contributed by atoms with Crippen molar-refractivity contribution in [2.75, 3.05) is 0 Å². The Morgan fingerprint density at radius 1 is 1.24 bits per heavy atom. The second kappa shape index (κ2) is 6.17. The lowest BCUT2D eigenvalue weighted by Crippen LogP contribution is -2.36. The highest BCUT2D eigenvalue weighted by atomic mass is 16.1. The van der Waals surface area contributed by atoms with Gasteiger partial charge in [0.25, 0.3) is 0 Å². The Hall–Kier alpha value is -1.38. The molecule has 3 nitrogen and oxygen atoms in total.